The lowest BCUT2D eigenvalue weighted by Gasteiger charge is -2.33. The topological polar surface area (TPSA) is 69.6 Å². The number of hydrogen-bond donors (Lipinski definition) is 1. The van der Waals surface area contributed by atoms with Crippen molar-refractivity contribution in [2.24, 2.45) is 0 Å². The van der Waals surface area contributed by atoms with Crippen LogP contribution in [0.15, 0.2) is 30.3 Å². The molecule has 0 saturated carbocycles. The summed E-state index contributed by atoms with van der Waals surface area (Å²) < 4.78 is 0. The van der Waals surface area contributed by atoms with Crippen molar-refractivity contribution in [3.05, 3.63) is 47.4 Å². The molecule has 1 N–H and O–H groups in total. The quantitative estimate of drug-likeness (QED) is 0.904. The van der Waals surface area contributed by atoms with Crippen LogP contribution in [-0.4, -0.2) is 52.1 Å². The van der Waals surface area contributed by atoms with Gasteiger partial charge < -0.3 is 14.9 Å². The van der Waals surface area contributed by atoms with Crippen LogP contribution in [0, 0.1) is 6.92 Å². The predicted octanol–water partition coefficient (Wildman–Crippen LogP) is 3.11. The van der Waals surface area contributed by atoms with Crippen LogP contribution in [0.2, 0.25) is 0 Å². The summed E-state index contributed by atoms with van der Waals surface area (Å²) in [5.41, 5.74) is 1.57. The Morgan fingerprint density at radius 2 is 1.93 bits per heavy atom. The first-order chi connectivity index (χ1) is 13.1. The number of likely N-dealkylation sites (tertiary alicyclic amines) is 1. The van der Waals surface area contributed by atoms with Crippen molar-refractivity contribution in [3.8, 4) is 5.75 Å². The van der Waals surface area contributed by atoms with E-state index < -0.39 is 0 Å². The third-order valence-corrected chi connectivity index (χ3v) is 5.49. The van der Waals surface area contributed by atoms with Gasteiger partial charge in [-0.25, -0.2) is 9.97 Å². The maximum absolute atomic E-state index is 12.8. The van der Waals surface area contributed by atoms with Crippen LogP contribution in [0.3, 0.4) is 0 Å². The largest absolute Gasteiger partial charge is 0.508 e. The highest BCUT2D eigenvalue weighted by molar-refractivity contribution is 5.94. The molecule has 6 nitrogen and oxygen atoms in total. The Kier molecular flexibility index (Phi) is 4.97. The minimum absolute atomic E-state index is 0.0267. The van der Waals surface area contributed by atoms with Gasteiger partial charge in [0, 0.05) is 43.7 Å². The molecule has 0 radical (unpaired) electrons. The van der Waals surface area contributed by atoms with Gasteiger partial charge in [0.1, 0.15) is 17.4 Å². The fraction of sp³-hybridized carbons (Fsp3) is 0.476. The van der Waals surface area contributed by atoms with E-state index in [2.05, 4.69) is 16.0 Å². The summed E-state index contributed by atoms with van der Waals surface area (Å²) in [7, 11) is 0. The number of carbonyl (C=O) groups excluding carboxylic acids is 1. The summed E-state index contributed by atoms with van der Waals surface area (Å²) in [5.74, 6) is 2.14. The fourth-order valence-electron chi connectivity index (χ4n) is 4.12. The van der Waals surface area contributed by atoms with Gasteiger partial charge >= 0.3 is 0 Å². The lowest BCUT2D eigenvalue weighted by Crippen LogP contribution is -2.39. The number of aromatic nitrogens is 2. The van der Waals surface area contributed by atoms with Crippen molar-refractivity contribution in [2.45, 2.75) is 38.5 Å². The van der Waals surface area contributed by atoms with Crippen molar-refractivity contribution >= 4 is 11.7 Å². The Bertz CT molecular complexity index is 833. The lowest BCUT2D eigenvalue weighted by atomic mass is 9.93. The molecule has 27 heavy (non-hydrogen) atoms. The van der Waals surface area contributed by atoms with E-state index >= 15 is 0 Å². The van der Waals surface area contributed by atoms with Crippen LogP contribution in [0.4, 0.5) is 5.82 Å². The fourth-order valence-corrected chi connectivity index (χ4v) is 4.12. The van der Waals surface area contributed by atoms with E-state index in [1.807, 2.05) is 11.8 Å². The van der Waals surface area contributed by atoms with Crippen molar-refractivity contribution in [2.75, 3.05) is 31.1 Å². The minimum Gasteiger partial charge on any atom is -0.508 e. The van der Waals surface area contributed by atoms with Crippen LogP contribution in [-0.2, 0) is 0 Å². The second-order valence-electron chi connectivity index (χ2n) is 7.53. The van der Waals surface area contributed by atoms with E-state index in [-0.39, 0.29) is 17.6 Å². The number of aromatic hydroxyl groups is 1. The molecule has 0 unspecified atom stereocenters. The van der Waals surface area contributed by atoms with Gasteiger partial charge in [0.05, 0.1) is 5.69 Å². The average Bonchev–Trinajstić information content (AvgIpc) is 3.22. The number of rotatable bonds is 3. The first-order valence-corrected chi connectivity index (χ1v) is 9.79. The SMILES string of the molecule is Cc1nc([C@@H]2CCCN(C(=O)c3cccc(O)c3)C2)cc(N2CCCC2)n1. The highest BCUT2D eigenvalue weighted by Gasteiger charge is 2.27. The maximum Gasteiger partial charge on any atom is 0.254 e. The van der Waals surface area contributed by atoms with E-state index in [4.69, 9.17) is 4.98 Å². The van der Waals surface area contributed by atoms with Crippen LogP contribution >= 0.6 is 0 Å². The number of phenols is 1. The molecule has 0 bridgehead atoms. The second-order valence-corrected chi connectivity index (χ2v) is 7.53. The Morgan fingerprint density at radius 1 is 1.11 bits per heavy atom. The molecule has 142 valence electrons. The van der Waals surface area contributed by atoms with Gasteiger partial charge in [0.15, 0.2) is 0 Å². The number of hydrogen-bond acceptors (Lipinski definition) is 5. The molecule has 2 aliphatic rings. The van der Waals surface area contributed by atoms with Crippen molar-refractivity contribution in [3.63, 3.8) is 0 Å². The zero-order valence-corrected chi connectivity index (χ0v) is 15.8. The summed E-state index contributed by atoms with van der Waals surface area (Å²) in [4.78, 5) is 26.4. The maximum atomic E-state index is 12.8. The number of anilines is 1. The summed E-state index contributed by atoms with van der Waals surface area (Å²) in [5, 5.41) is 9.66. The Morgan fingerprint density at radius 3 is 2.70 bits per heavy atom. The highest BCUT2D eigenvalue weighted by Crippen LogP contribution is 2.29. The normalized spacial score (nSPS) is 20.1. The third kappa shape index (κ3) is 3.89. The number of phenolic OH excluding ortho intramolecular Hbond substituents is 1. The van der Waals surface area contributed by atoms with Crippen LogP contribution in [0.1, 0.15) is 53.5 Å². The standard InChI is InChI=1S/C21H26N4O2/c1-15-22-19(13-20(23-15)24-9-2-3-10-24)17-7-5-11-25(14-17)21(27)16-6-4-8-18(26)12-16/h4,6,8,12-13,17,26H,2-3,5,7,9-11,14H2,1H3/t17-/m1/s1. The molecular weight excluding hydrogens is 340 g/mol. The smallest absolute Gasteiger partial charge is 0.254 e. The zero-order chi connectivity index (χ0) is 18.8. The number of aryl methyl sites for hydroxylation is 1. The predicted molar refractivity (Wildman–Crippen MR) is 104 cm³/mol. The monoisotopic (exact) mass is 366 g/mol. The average molecular weight is 366 g/mol. The van der Waals surface area contributed by atoms with Crippen LogP contribution in [0.5, 0.6) is 5.75 Å². The number of piperidine rings is 1. The first kappa shape index (κ1) is 17.8. The second kappa shape index (κ2) is 7.55. The molecule has 1 aromatic heterocycles. The Labute approximate surface area is 159 Å². The molecule has 3 heterocycles. The van der Waals surface area contributed by atoms with Crippen molar-refractivity contribution in [1.82, 2.24) is 14.9 Å². The highest BCUT2D eigenvalue weighted by atomic mass is 16.3. The lowest BCUT2D eigenvalue weighted by molar-refractivity contribution is 0.0705. The minimum atomic E-state index is -0.0267. The van der Waals surface area contributed by atoms with E-state index in [0.717, 1.165) is 49.8 Å². The molecule has 6 heteroatoms. The third-order valence-electron chi connectivity index (χ3n) is 5.49. The molecule has 2 fully saturated rings. The van der Waals surface area contributed by atoms with E-state index in [0.29, 0.717) is 12.1 Å². The number of nitrogens with zero attached hydrogens (tertiary/aromatic N) is 4. The van der Waals surface area contributed by atoms with Gasteiger partial charge in [0.2, 0.25) is 0 Å². The molecule has 4 rings (SSSR count). The van der Waals surface area contributed by atoms with Crippen molar-refractivity contribution < 1.29 is 9.90 Å². The van der Waals surface area contributed by atoms with Gasteiger partial charge in [-0.3, -0.25) is 4.79 Å². The van der Waals surface area contributed by atoms with Gasteiger partial charge in [-0.1, -0.05) is 6.07 Å². The summed E-state index contributed by atoms with van der Waals surface area (Å²) >= 11 is 0. The first-order valence-electron chi connectivity index (χ1n) is 9.79. The molecule has 1 atom stereocenters. The molecule has 2 aromatic rings. The molecular formula is C21H26N4O2. The molecule has 2 saturated heterocycles. The van der Waals surface area contributed by atoms with Gasteiger partial charge in [-0.2, -0.15) is 0 Å². The van der Waals surface area contributed by atoms with Gasteiger partial charge in [-0.15, -0.1) is 0 Å². The molecule has 1 amide bonds. The zero-order valence-electron chi connectivity index (χ0n) is 15.8. The van der Waals surface area contributed by atoms with Crippen LogP contribution < -0.4 is 4.90 Å². The van der Waals surface area contributed by atoms with E-state index in [9.17, 15) is 9.90 Å². The van der Waals surface area contributed by atoms with Crippen LogP contribution in [0.25, 0.3) is 0 Å². The van der Waals surface area contributed by atoms with Gasteiger partial charge in [0.25, 0.3) is 5.91 Å². The Balaban J connectivity index is 1.53. The van der Waals surface area contributed by atoms with Crippen molar-refractivity contribution in [1.29, 1.82) is 0 Å². The Hall–Kier alpha value is -2.63. The van der Waals surface area contributed by atoms with E-state index in [1.165, 1.54) is 18.9 Å². The molecule has 2 aliphatic heterocycles. The summed E-state index contributed by atoms with van der Waals surface area (Å²) in [6.07, 6.45) is 4.42. The molecule has 1 aromatic carbocycles. The number of carbonyl (C=O) groups is 1. The summed E-state index contributed by atoms with van der Waals surface area (Å²) in [6, 6.07) is 8.70. The summed E-state index contributed by atoms with van der Waals surface area (Å²) in [6.45, 7) is 5.46. The van der Waals surface area contributed by atoms with E-state index in [1.54, 1.807) is 18.2 Å². The van der Waals surface area contributed by atoms with Gasteiger partial charge in [-0.05, 0) is 50.8 Å². The molecule has 0 spiro atoms. The number of benzene rings is 1. The molecule has 0 aliphatic carbocycles. The number of amides is 1.